The van der Waals surface area contributed by atoms with Crippen LogP contribution in [0.25, 0.3) is 0 Å². The summed E-state index contributed by atoms with van der Waals surface area (Å²) < 4.78 is 4.99. The third-order valence-corrected chi connectivity index (χ3v) is 1.52. The van der Waals surface area contributed by atoms with Crippen molar-refractivity contribution in [3.05, 3.63) is 23.0 Å². The van der Waals surface area contributed by atoms with Crippen LogP contribution in [0.3, 0.4) is 0 Å². The largest absolute Gasteiger partial charge is 0.495 e. The van der Waals surface area contributed by atoms with Gasteiger partial charge < -0.3 is 10.5 Å². The fraction of sp³-hybridized carbons (Fsp3) is 0.286. The standard InChI is InChI=1S/C7H9ClN2O/c1-11-6-2-3-7(8)10-5(6)4-9/h2-3H,4,9H2,1H3. The summed E-state index contributed by atoms with van der Waals surface area (Å²) in [6, 6.07) is 3.41. The van der Waals surface area contributed by atoms with Gasteiger partial charge in [0.25, 0.3) is 0 Å². The zero-order valence-electron chi connectivity index (χ0n) is 6.17. The van der Waals surface area contributed by atoms with E-state index in [4.69, 9.17) is 22.1 Å². The van der Waals surface area contributed by atoms with Crippen molar-refractivity contribution in [3.8, 4) is 5.75 Å². The minimum atomic E-state index is 0.337. The molecule has 60 valence electrons. The fourth-order valence-corrected chi connectivity index (χ4v) is 0.959. The van der Waals surface area contributed by atoms with E-state index in [9.17, 15) is 0 Å². The van der Waals surface area contributed by atoms with Crippen molar-refractivity contribution in [3.63, 3.8) is 0 Å². The zero-order chi connectivity index (χ0) is 8.27. The van der Waals surface area contributed by atoms with Crippen molar-refractivity contribution in [1.82, 2.24) is 4.98 Å². The zero-order valence-corrected chi connectivity index (χ0v) is 6.93. The molecule has 4 heteroatoms. The number of nitrogens with zero attached hydrogens (tertiary/aromatic N) is 1. The van der Waals surface area contributed by atoms with Crippen molar-refractivity contribution < 1.29 is 4.74 Å². The second-order valence-corrected chi connectivity index (χ2v) is 2.37. The van der Waals surface area contributed by atoms with E-state index in [0.717, 1.165) is 0 Å². The predicted molar refractivity (Wildman–Crippen MR) is 43.7 cm³/mol. The van der Waals surface area contributed by atoms with Gasteiger partial charge >= 0.3 is 0 Å². The molecule has 0 amide bonds. The third kappa shape index (κ3) is 1.82. The molecule has 0 radical (unpaired) electrons. The molecule has 0 spiro atoms. The third-order valence-electron chi connectivity index (χ3n) is 1.31. The molecule has 0 atom stereocenters. The summed E-state index contributed by atoms with van der Waals surface area (Å²) in [6.07, 6.45) is 0. The van der Waals surface area contributed by atoms with Crippen molar-refractivity contribution in [2.75, 3.05) is 7.11 Å². The van der Waals surface area contributed by atoms with Crippen LogP contribution in [0, 0.1) is 0 Å². The van der Waals surface area contributed by atoms with Gasteiger partial charge in [0.1, 0.15) is 10.9 Å². The first-order valence-corrected chi connectivity index (χ1v) is 3.55. The number of hydrogen-bond acceptors (Lipinski definition) is 3. The normalized spacial score (nSPS) is 9.73. The highest BCUT2D eigenvalue weighted by Gasteiger charge is 2.01. The number of halogens is 1. The summed E-state index contributed by atoms with van der Waals surface area (Å²) in [5, 5.41) is 0.436. The van der Waals surface area contributed by atoms with Crippen LogP contribution in [-0.4, -0.2) is 12.1 Å². The van der Waals surface area contributed by atoms with Crippen LogP contribution in [0.2, 0.25) is 5.15 Å². The molecular weight excluding hydrogens is 164 g/mol. The summed E-state index contributed by atoms with van der Waals surface area (Å²) in [6.45, 7) is 0.337. The molecule has 3 nitrogen and oxygen atoms in total. The van der Waals surface area contributed by atoms with E-state index < -0.39 is 0 Å². The SMILES string of the molecule is COc1ccc(Cl)nc1CN. The molecule has 1 rings (SSSR count). The summed E-state index contributed by atoms with van der Waals surface area (Å²) in [5.74, 6) is 0.678. The van der Waals surface area contributed by atoms with Crippen LogP contribution in [0.1, 0.15) is 5.69 Å². The monoisotopic (exact) mass is 172 g/mol. The van der Waals surface area contributed by atoms with E-state index in [1.165, 1.54) is 0 Å². The average molecular weight is 173 g/mol. The molecule has 0 unspecified atom stereocenters. The summed E-state index contributed by atoms with van der Waals surface area (Å²) in [5.41, 5.74) is 6.07. The van der Waals surface area contributed by atoms with Crippen LogP contribution in [0.4, 0.5) is 0 Å². The Kier molecular flexibility index (Phi) is 2.68. The second-order valence-electron chi connectivity index (χ2n) is 1.99. The van der Waals surface area contributed by atoms with Gasteiger partial charge in [-0.15, -0.1) is 0 Å². The van der Waals surface area contributed by atoms with Gasteiger partial charge in [-0.25, -0.2) is 4.98 Å². The van der Waals surface area contributed by atoms with Crippen LogP contribution in [-0.2, 0) is 6.54 Å². The molecule has 11 heavy (non-hydrogen) atoms. The number of methoxy groups -OCH3 is 1. The summed E-state index contributed by atoms with van der Waals surface area (Å²) in [4.78, 5) is 3.98. The number of hydrogen-bond donors (Lipinski definition) is 1. The van der Waals surface area contributed by atoms with E-state index in [1.807, 2.05) is 0 Å². The Hall–Kier alpha value is -0.800. The number of aromatic nitrogens is 1. The highest BCUT2D eigenvalue weighted by molar-refractivity contribution is 6.29. The lowest BCUT2D eigenvalue weighted by Gasteiger charge is -2.04. The highest BCUT2D eigenvalue weighted by Crippen LogP contribution is 2.17. The smallest absolute Gasteiger partial charge is 0.141 e. The molecule has 0 aliphatic rings. The van der Waals surface area contributed by atoms with Crippen LogP contribution in [0.15, 0.2) is 12.1 Å². The average Bonchev–Trinajstić information content (AvgIpc) is 2.04. The number of nitrogens with two attached hydrogens (primary N) is 1. The maximum Gasteiger partial charge on any atom is 0.141 e. The second kappa shape index (κ2) is 3.55. The summed E-state index contributed by atoms with van der Waals surface area (Å²) in [7, 11) is 1.57. The van der Waals surface area contributed by atoms with Crippen molar-refractivity contribution >= 4 is 11.6 Å². The van der Waals surface area contributed by atoms with Gasteiger partial charge in [0.15, 0.2) is 0 Å². The molecular formula is C7H9ClN2O. The first-order chi connectivity index (χ1) is 5.27. The molecule has 0 aliphatic carbocycles. The van der Waals surface area contributed by atoms with E-state index in [0.29, 0.717) is 23.1 Å². The quantitative estimate of drug-likeness (QED) is 0.682. The van der Waals surface area contributed by atoms with Crippen LogP contribution >= 0.6 is 11.6 Å². The van der Waals surface area contributed by atoms with E-state index >= 15 is 0 Å². The Labute approximate surface area is 70.1 Å². The molecule has 1 heterocycles. The molecule has 1 aromatic heterocycles. The molecule has 1 aromatic rings. The number of rotatable bonds is 2. The van der Waals surface area contributed by atoms with Crippen LogP contribution in [0.5, 0.6) is 5.75 Å². The van der Waals surface area contributed by atoms with Crippen molar-refractivity contribution in [2.24, 2.45) is 5.73 Å². The van der Waals surface area contributed by atoms with Crippen molar-refractivity contribution in [1.29, 1.82) is 0 Å². The minimum Gasteiger partial charge on any atom is -0.495 e. The van der Waals surface area contributed by atoms with Crippen LogP contribution < -0.4 is 10.5 Å². The van der Waals surface area contributed by atoms with Gasteiger partial charge in [-0.1, -0.05) is 11.6 Å². The number of ether oxygens (including phenoxy) is 1. The lowest BCUT2D eigenvalue weighted by molar-refractivity contribution is 0.407. The topological polar surface area (TPSA) is 48.1 Å². The molecule has 2 N–H and O–H groups in total. The van der Waals surface area contributed by atoms with Gasteiger partial charge in [0.2, 0.25) is 0 Å². The predicted octanol–water partition coefficient (Wildman–Crippen LogP) is 1.20. The molecule has 0 saturated heterocycles. The fourth-order valence-electron chi connectivity index (χ4n) is 0.794. The lowest BCUT2D eigenvalue weighted by atomic mass is 10.3. The van der Waals surface area contributed by atoms with Gasteiger partial charge in [0.05, 0.1) is 12.8 Å². The molecule has 0 fully saturated rings. The molecule has 0 aliphatic heterocycles. The van der Waals surface area contributed by atoms with Gasteiger partial charge in [-0.05, 0) is 12.1 Å². The molecule has 0 saturated carbocycles. The first-order valence-electron chi connectivity index (χ1n) is 3.17. The molecule has 0 bridgehead atoms. The van der Waals surface area contributed by atoms with Gasteiger partial charge in [-0.3, -0.25) is 0 Å². The van der Waals surface area contributed by atoms with E-state index in [-0.39, 0.29) is 0 Å². The van der Waals surface area contributed by atoms with Gasteiger partial charge in [0, 0.05) is 6.54 Å². The van der Waals surface area contributed by atoms with Gasteiger partial charge in [-0.2, -0.15) is 0 Å². The summed E-state index contributed by atoms with van der Waals surface area (Å²) >= 11 is 5.63. The Bertz CT molecular complexity index is 252. The Balaban J connectivity index is 3.06. The Morgan fingerprint density at radius 2 is 2.36 bits per heavy atom. The van der Waals surface area contributed by atoms with E-state index in [1.54, 1.807) is 19.2 Å². The maximum atomic E-state index is 5.63. The highest BCUT2D eigenvalue weighted by atomic mass is 35.5. The Morgan fingerprint density at radius 3 is 2.91 bits per heavy atom. The number of pyridine rings is 1. The minimum absolute atomic E-state index is 0.337. The molecule has 0 aromatic carbocycles. The Morgan fingerprint density at radius 1 is 1.64 bits per heavy atom. The lowest BCUT2D eigenvalue weighted by Crippen LogP contribution is -2.02. The van der Waals surface area contributed by atoms with E-state index in [2.05, 4.69) is 4.98 Å². The first kappa shape index (κ1) is 8.30. The maximum absolute atomic E-state index is 5.63. The van der Waals surface area contributed by atoms with Crippen molar-refractivity contribution in [2.45, 2.75) is 6.54 Å².